The van der Waals surface area contributed by atoms with Gasteiger partial charge in [0.15, 0.2) is 0 Å². The normalized spacial score (nSPS) is 28.0. The van der Waals surface area contributed by atoms with Crippen molar-refractivity contribution in [2.75, 3.05) is 20.3 Å². The van der Waals surface area contributed by atoms with Crippen LogP contribution >= 0.6 is 0 Å². The van der Waals surface area contributed by atoms with Gasteiger partial charge in [-0.1, -0.05) is 11.6 Å². The minimum absolute atomic E-state index is 0.0827. The van der Waals surface area contributed by atoms with Crippen molar-refractivity contribution >= 4 is 6.29 Å². The first-order chi connectivity index (χ1) is 6.77. The van der Waals surface area contributed by atoms with Crippen LogP contribution in [0.1, 0.15) is 19.8 Å². The summed E-state index contributed by atoms with van der Waals surface area (Å²) in [7, 11) is 1.68. The lowest BCUT2D eigenvalue weighted by Crippen LogP contribution is -2.16. The second-order valence-corrected chi connectivity index (χ2v) is 3.72. The Morgan fingerprint density at radius 3 is 3.07 bits per heavy atom. The SMILES string of the molecule is COCC(C)=CCC1OCCC1C=O. The Labute approximate surface area is 85.1 Å². The number of rotatable bonds is 5. The molecule has 0 aromatic rings. The van der Waals surface area contributed by atoms with Crippen molar-refractivity contribution in [3.63, 3.8) is 0 Å². The summed E-state index contributed by atoms with van der Waals surface area (Å²) in [5.74, 6) is 0.0848. The maximum atomic E-state index is 10.7. The second-order valence-electron chi connectivity index (χ2n) is 3.72. The van der Waals surface area contributed by atoms with Gasteiger partial charge in [0.05, 0.1) is 12.7 Å². The summed E-state index contributed by atoms with van der Waals surface area (Å²) in [6.45, 7) is 3.39. The lowest BCUT2D eigenvalue weighted by molar-refractivity contribution is -0.112. The van der Waals surface area contributed by atoms with E-state index in [1.807, 2.05) is 6.92 Å². The minimum Gasteiger partial charge on any atom is -0.380 e. The maximum absolute atomic E-state index is 10.7. The molecular formula is C11H18O3. The molecule has 1 saturated heterocycles. The number of ether oxygens (including phenoxy) is 2. The van der Waals surface area contributed by atoms with E-state index in [9.17, 15) is 4.79 Å². The van der Waals surface area contributed by atoms with E-state index in [0.29, 0.717) is 13.2 Å². The van der Waals surface area contributed by atoms with E-state index in [0.717, 1.165) is 19.1 Å². The Hall–Kier alpha value is -0.670. The molecule has 1 aliphatic rings. The zero-order valence-electron chi connectivity index (χ0n) is 8.86. The molecule has 0 spiro atoms. The van der Waals surface area contributed by atoms with Gasteiger partial charge >= 0.3 is 0 Å². The van der Waals surface area contributed by atoms with Gasteiger partial charge in [-0.2, -0.15) is 0 Å². The Morgan fingerprint density at radius 2 is 2.43 bits per heavy atom. The van der Waals surface area contributed by atoms with Crippen LogP contribution in [0.2, 0.25) is 0 Å². The van der Waals surface area contributed by atoms with Gasteiger partial charge in [0, 0.05) is 19.6 Å². The molecule has 0 bridgehead atoms. The number of hydrogen-bond donors (Lipinski definition) is 0. The van der Waals surface area contributed by atoms with Crippen LogP contribution in [0.4, 0.5) is 0 Å². The van der Waals surface area contributed by atoms with Crippen LogP contribution in [0.15, 0.2) is 11.6 Å². The predicted molar refractivity (Wildman–Crippen MR) is 54.2 cm³/mol. The van der Waals surface area contributed by atoms with Crippen molar-refractivity contribution < 1.29 is 14.3 Å². The molecule has 3 nitrogen and oxygen atoms in total. The highest BCUT2D eigenvalue weighted by atomic mass is 16.5. The van der Waals surface area contributed by atoms with Crippen molar-refractivity contribution in [2.24, 2.45) is 5.92 Å². The fourth-order valence-corrected chi connectivity index (χ4v) is 1.67. The van der Waals surface area contributed by atoms with E-state index in [2.05, 4.69) is 6.08 Å². The Balaban J connectivity index is 2.36. The Bertz CT molecular complexity index is 211. The van der Waals surface area contributed by atoms with Gasteiger partial charge in [-0.25, -0.2) is 0 Å². The highest BCUT2D eigenvalue weighted by molar-refractivity contribution is 5.55. The Kier molecular flexibility index (Phi) is 4.84. The fourth-order valence-electron chi connectivity index (χ4n) is 1.67. The molecule has 0 aromatic carbocycles. The summed E-state index contributed by atoms with van der Waals surface area (Å²) >= 11 is 0. The molecule has 0 aliphatic carbocycles. The number of carbonyl (C=O) groups is 1. The quantitative estimate of drug-likeness (QED) is 0.497. The molecule has 0 amide bonds. The van der Waals surface area contributed by atoms with Gasteiger partial charge in [0.25, 0.3) is 0 Å². The molecule has 2 unspecified atom stereocenters. The van der Waals surface area contributed by atoms with Crippen LogP contribution < -0.4 is 0 Å². The van der Waals surface area contributed by atoms with Gasteiger partial charge in [-0.05, 0) is 19.8 Å². The van der Waals surface area contributed by atoms with E-state index in [1.54, 1.807) is 7.11 Å². The van der Waals surface area contributed by atoms with Gasteiger partial charge in [0.1, 0.15) is 6.29 Å². The van der Waals surface area contributed by atoms with Gasteiger partial charge in [0.2, 0.25) is 0 Å². The summed E-state index contributed by atoms with van der Waals surface area (Å²) in [5.41, 5.74) is 1.19. The molecule has 1 aliphatic heterocycles. The largest absolute Gasteiger partial charge is 0.380 e. The monoisotopic (exact) mass is 198 g/mol. The third-order valence-electron chi connectivity index (χ3n) is 2.51. The maximum Gasteiger partial charge on any atom is 0.125 e. The smallest absolute Gasteiger partial charge is 0.125 e. The third kappa shape index (κ3) is 3.24. The van der Waals surface area contributed by atoms with E-state index >= 15 is 0 Å². The van der Waals surface area contributed by atoms with Crippen LogP contribution in [0, 0.1) is 5.92 Å². The molecule has 2 atom stereocenters. The molecule has 14 heavy (non-hydrogen) atoms. The van der Waals surface area contributed by atoms with Gasteiger partial charge < -0.3 is 14.3 Å². The van der Waals surface area contributed by atoms with Crippen LogP contribution in [0.5, 0.6) is 0 Å². The molecule has 0 saturated carbocycles. The fraction of sp³-hybridized carbons (Fsp3) is 0.727. The van der Waals surface area contributed by atoms with E-state index in [4.69, 9.17) is 9.47 Å². The summed E-state index contributed by atoms with van der Waals surface area (Å²) in [6.07, 6.45) is 4.87. The molecule has 3 heteroatoms. The summed E-state index contributed by atoms with van der Waals surface area (Å²) < 4.78 is 10.5. The van der Waals surface area contributed by atoms with Crippen molar-refractivity contribution in [3.8, 4) is 0 Å². The highest BCUT2D eigenvalue weighted by Crippen LogP contribution is 2.22. The lowest BCUT2D eigenvalue weighted by atomic mass is 10.00. The number of aldehydes is 1. The Morgan fingerprint density at radius 1 is 1.64 bits per heavy atom. The van der Waals surface area contributed by atoms with Crippen LogP contribution in [0.3, 0.4) is 0 Å². The molecule has 1 heterocycles. The molecule has 80 valence electrons. The van der Waals surface area contributed by atoms with Crippen molar-refractivity contribution in [1.82, 2.24) is 0 Å². The van der Waals surface area contributed by atoms with Crippen molar-refractivity contribution in [2.45, 2.75) is 25.9 Å². The van der Waals surface area contributed by atoms with E-state index < -0.39 is 0 Å². The standard InChI is InChI=1S/C11H18O3/c1-9(8-13-2)3-4-11-10(7-12)5-6-14-11/h3,7,10-11H,4-6,8H2,1-2H3. The molecule has 1 fully saturated rings. The first-order valence-electron chi connectivity index (χ1n) is 4.99. The van der Waals surface area contributed by atoms with E-state index in [-0.39, 0.29) is 12.0 Å². The molecular weight excluding hydrogens is 180 g/mol. The number of hydrogen-bond acceptors (Lipinski definition) is 3. The minimum atomic E-state index is 0.0827. The van der Waals surface area contributed by atoms with Crippen molar-refractivity contribution in [1.29, 1.82) is 0 Å². The summed E-state index contributed by atoms with van der Waals surface area (Å²) in [6, 6.07) is 0. The van der Waals surface area contributed by atoms with Gasteiger partial charge in [-0.15, -0.1) is 0 Å². The third-order valence-corrected chi connectivity index (χ3v) is 2.51. The highest BCUT2D eigenvalue weighted by Gasteiger charge is 2.26. The van der Waals surface area contributed by atoms with Crippen LogP contribution in [-0.4, -0.2) is 32.7 Å². The molecule has 0 aromatic heterocycles. The average Bonchev–Trinajstić information content (AvgIpc) is 2.62. The van der Waals surface area contributed by atoms with Crippen LogP contribution in [0.25, 0.3) is 0 Å². The second kappa shape index (κ2) is 5.94. The van der Waals surface area contributed by atoms with Crippen molar-refractivity contribution in [3.05, 3.63) is 11.6 Å². The molecule has 1 rings (SSSR count). The number of carbonyl (C=O) groups excluding carboxylic acids is 1. The first-order valence-corrected chi connectivity index (χ1v) is 4.99. The lowest BCUT2D eigenvalue weighted by Gasteiger charge is -2.11. The summed E-state index contributed by atoms with van der Waals surface area (Å²) in [5, 5.41) is 0. The average molecular weight is 198 g/mol. The molecule has 0 radical (unpaired) electrons. The predicted octanol–water partition coefficient (Wildman–Crippen LogP) is 1.57. The zero-order valence-corrected chi connectivity index (χ0v) is 8.86. The first kappa shape index (κ1) is 11.4. The molecule has 0 N–H and O–H groups in total. The van der Waals surface area contributed by atoms with Crippen LogP contribution in [-0.2, 0) is 14.3 Å². The summed E-state index contributed by atoms with van der Waals surface area (Å²) in [4.78, 5) is 10.7. The number of methoxy groups -OCH3 is 1. The van der Waals surface area contributed by atoms with Gasteiger partial charge in [-0.3, -0.25) is 0 Å². The zero-order chi connectivity index (χ0) is 10.4. The van der Waals surface area contributed by atoms with E-state index in [1.165, 1.54) is 5.57 Å². The topological polar surface area (TPSA) is 35.5 Å².